The Morgan fingerprint density at radius 3 is 2.58 bits per heavy atom. The second kappa shape index (κ2) is 4.97. The van der Waals surface area contributed by atoms with Gasteiger partial charge in [0.1, 0.15) is 11.5 Å². The molecule has 102 valence electrons. The minimum atomic E-state index is -4.71. The molecule has 0 saturated carbocycles. The molecule has 6 heteroatoms. The largest absolute Gasteiger partial charge is 0.573 e. The number of ether oxygens (including phenoxy) is 1. The van der Waals surface area contributed by atoms with E-state index >= 15 is 0 Å². The first-order valence-electron chi connectivity index (χ1n) is 5.52. The van der Waals surface area contributed by atoms with Crippen molar-refractivity contribution in [2.45, 2.75) is 19.3 Å². The first kappa shape index (κ1) is 13.5. The van der Waals surface area contributed by atoms with E-state index in [0.717, 1.165) is 5.56 Å². The number of furan rings is 1. The van der Waals surface area contributed by atoms with Gasteiger partial charge in [0.25, 0.3) is 0 Å². The lowest BCUT2D eigenvalue weighted by atomic mass is 10.0. The number of rotatable bonds is 3. The van der Waals surface area contributed by atoms with Crippen molar-refractivity contribution in [1.29, 1.82) is 0 Å². The van der Waals surface area contributed by atoms with Gasteiger partial charge in [-0.15, -0.1) is 13.2 Å². The third-order valence-electron chi connectivity index (χ3n) is 2.68. The van der Waals surface area contributed by atoms with Gasteiger partial charge in [-0.05, 0) is 30.7 Å². The quantitative estimate of drug-likeness (QED) is 0.928. The summed E-state index contributed by atoms with van der Waals surface area (Å²) in [6.45, 7) is 1.74. The summed E-state index contributed by atoms with van der Waals surface area (Å²) >= 11 is 0. The molecule has 2 aromatic rings. The van der Waals surface area contributed by atoms with Crippen LogP contribution >= 0.6 is 0 Å². The summed E-state index contributed by atoms with van der Waals surface area (Å²) in [7, 11) is 0. The lowest BCUT2D eigenvalue weighted by molar-refractivity contribution is -0.274. The smallest absolute Gasteiger partial charge is 0.469 e. The molecule has 0 aliphatic rings. The van der Waals surface area contributed by atoms with E-state index < -0.39 is 12.4 Å². The maximum atomic E-state index is 12.1. The zero-order valence-corrected chi connectivity index (χ0v) is 10.1. The van der Waals surface area contributed by atoms with Gasteiger partial charge in [0, 0.05) is 5.56 Å². The van der Waals surface area contributed by atoms with Crippen molar-refractivity contribution in [2.24, 2.45) is 5.73 Å². The number of aryl methyl sites for hydroxylation is 1. The predicted molar refractivity (Wildman–Crippen MR) is 62.6 cm³/mol. The molecule has 0 amide bonds. The minimum Gasteiger partial charge on any atom is -0.469 e. The molecule has 1 unspecified atom stereocenters. The van der Waals surface area contributed by atoms with E-state index in [9.17, 15) is 13.2 Å². The molecule has 1 aromatic heterocycles. The van der Waals surface area contributed by atoms with Crippen LogP contribution in [0.15, 0.2) is 41.0 Å². The Kier molecular flexibility index (Phi) is 3.53. The molecule has 1 atom stereocenters. The van der Waals surface area contributed by atoms with Gasteiger partial charge in [0.2, 0.25) is 0 Å². The number of hydrogen-bond donors (Lipinski definition) is 1. The average Bonchev–Trinajstić information content (AvgIpc) is 2.72. The molecule has 1 aromatic carbocycles. The Hall–Kier alpha value is -1.95. The van der Waals surface area contributed by atoms with Crippen molar-refractivity contribution >= 4 is 0 Å². The highest BCUT2D eigenvalue weighted by Crippen LogP contribution is 2.28. The van der Waals surface area contributed by atoms with E-state index in [-0.39, 0.29) is 5.75 Å². The molecule has 2 rings (SSSR count). The zero-order chi connectivity index (χ0) is 14.0. The Morgan fingerprint density at radius 1 is 1.26 bits per heavy atom. The van der Waals surface area contributed by atoms with Gasteiger partial charge in [-0.25, -0.2) is 0 Å². The summed E-state index contributed by atoms with van der Waals surface area (Å²) < 4.78 is 45.4. The van der Waals surface area contributed by atoms with Crippen LogP contribution in [-0.4, -0.2) is 6.36 Å². The first-order chi connectivity index (χ1) is 8.87. The summed E-state index contributed by atoms with van der Waals surface area (Å²) in [4.78, 5) is 0. The molecule has 2 N–H and O–H groups in total. The van der Waals surface area contributed by atoms with Gasteiger partial charge in [-0.2, -0.15) is 0 Å². The number of benzene rings is 1. The fourth-order valence-electron chi connectivity index (χ4n) is 1.80. The number of halogens is 3. The molecule has 0 radical (unpaired) electrons. The standard InChI is InChI=1S/C13H12F3NO2/c1-8-11(5-6-18-8)12(17)9-3-2-4-10(7-9)19-13(14,15)16/h2-7,12H,17H2,1H3. The Morgan fingerprint density at radius 2 is 2.00 bits per heavy atom. The summed E-state index contributed by atoms with van der Waals surface area (Å²) in [6, 6.07) is 6.73. The maximum Gasteiger partial charge on any atom is 0.573 e. The van der Waals surface area contributed by atoms with Crippen LogP contribution in [0.2, 0.25) is 0 Å². The third kappa shape index (κ3) is 3.29. The molecule has 0 spiro atoms. The van der Waals surface area contributed by atoms with E-state index in [1.807, 2.05) is 0 Å². The Bertz CT molecular complexity index is 563. The van der Waals surface area contributed by atoms with Crippen LogP contribution in [0.25, 0.3) is 0 Å². The van der Waals surface area contributed by atoms with Crippen molar-refractivity contribution in [3.8, 4) is 5.75 Å². The fourth-order valence-corrected chi connectivity index (χ4v) is 1.80. The topological polar surface area (TPSA) is 48.4 Å². The zero-order valence-electron chi connectivity index (χ0n) is 10.1. The summed E-state index contributed by atoms with van der Waals surface area (Å²) in [5.41, 5.74) is 7.24. The van der Waals surface area contributed by atoms with E-state index in [1.54, 1.807) is 19.1 Å². The van der Waals surface area contributed by atoms with Crippen LogP contribution in [0.1, 0.15) is 22.9 Å². The van der Waals surface area contributed by atoms with Crippen LogP contribution in [-0.2, 0) is 0 Å². The minimum absolute atomic E-state index is 0.290. The van der Waals surface area contributed by atoms with Crippen LogP contribution in [0.3, 0.4) is 0 Å². The first-order valence-corrected chi connectivity index (χ1v) is 5.52. The van der Waals surface area contributed by atoms with E-state index in [2.05, 4.69) is 4.74 Å². The van der Waals surface area contributed by atoms with Crippen LogP contribution in [0.4, 0.5) is 13.2 Å². The lowest BCUT2D eigenvalue weighted by Gasteiger charge is -2.14. The van der Waals surface area contributed by atoms with E-state index in [1.165, 1.54) is 24.5 Å². The van der Waals surface area contributed by atoms with Crippen LogP contribution < -0.4 is 10.5 Å². The van der Waals surface area contributed by atoms with Crippen molar-refractivity contribution in [3.63, 3.8) is 0 Å². The highest BCUT2D eigenvalue weighted by molar-refractivity contribution is 5.37. The highest BCUT2D eigenvalue weighted by atomic mass is 19.4. The number of alkyl halides is 3. The third-order valence-corrected chi connectivity index (χ3v) is 2.68. The second-order valence-corrected chi connectivity index (χ2v) is 4.03. The predicted octanol–water partition coefficient (Wildman–Crippen LogP) is 3.53. The van der Waals surface area contributed by atoms with Gasteiger partial charge < -0.3 is 14.9 Å². The fraction of sp³-hybridized carbons (Fsp3) is 0.231. The van der Waals surface area contributed by atoms with Gasteiger partial charge >= 0.3 is 6.36 Å². The SMILES string of the molecule is Cc1occc1C(N)c1cccc(OC(F)(F)F)c1. The molecular weight excluding hydrogens is 259 g/mol. The Balaban J connectivity index is 2.26. The molecule has 19 heavy (non-hydrogen) atoms. The summed E-state index contributed by atoms with van der Waals surface area (Å²) in [6.07, 6.45) is -3.23. The molecule has 1 heterocycles. The lowest BCUT2D eigenvalue weighted by Crippen LogP contribution is -2.18. The van der Waals surface area contributed by atoms with Gasteiger partial charge in [0.15, 0.2) is 0 Å². The molecule has 0 fully saturated rings. The van der Waals surface area contributed by atoms with E-state index in [4.69, 9.17) is 10.2 Å². The summed E-state index contributed by atoms with van der Waals surface area (Å²) in [5, 5.41) is 0. The molecule has 0 saturated heterocycles. The maximum absolute atomic E-state index is 12.1. The van der Waals surface area contributed by atoms with E-state index in [0.29, 0.717) is 11.3 Å². The van der Waals surface area contributed by atoms with Crippen LogP contribution in [0, 0.1) is 6.92 Å². The van der Waals surface area contributed by atoms with Crippen molar-refractivity contribution in [1.82, 2.24) is 0 Å². The molecular formula is C13H12F3NO2. The van der Waals surface area contributed by atoms with Crippen LogP contribution in [0.5, 0.6) is 5.75 Å². The summed E-state index contributed by atoms with van der Waals surface area (Å²) in [5.74, 6) is 0.344. The number of nitrogens with two attached hydrogens (primary N) is 1. The molecule has 0 bridgehead atoms. The number of hydrogen-bond acceptors (Lipinski definition) is 3. The normalized spacial score (nSPS) is 13.3. The molecule has 0 aliphatic heterocycles. The van der Waals surface area contributed by atoms with Crippen molar-refractivity contribution in [3.05, 3.63) is 53.5 Å². The molecule has 0 aliphatic carbocycles. The Labute approximate surface area is 107 Å². The average molecular weight is 271 g/mol. The van der Waals surface area contributed by atoms with Crippen molar-refractivity contribution < 1.29 is 22.3 Å². The van der Waals surface area contributed by atoms with Gasteiger partial charge in [-0.3, -0.25) is 0 Å². The molecule has 3 nitrogen and oxygen atoms in total. The monoisotopic (exact) mass is 271 g/mol. The second-order valence-electron chi connectivity index (χ2n) is 4.03. The highest BCUT2D eigenvalue weighted by Gasteiger charge is 2.31. The van der Waals surface area contributed by atoms with Gasteiger partial charge in [-0.1, -0.05) is 12.1 Å². The van der Waals surface area contributed by atoms with Crippen molar-refractivity contribution in [2.75, 3.05) is 0 Å². The van der Waals surface area contributed by atoms with Gasteiger partial charge in [0.05, 0.1) is 12.3 Å².